The molecule has 0 atom stereocenters. The summed E-state index contributed by atoms with van der Waals surface area (Å²) < 4.78 is 1.60. The Morgan fingerprint density at radius 1 is 1.11 bits per heavy atom. The van der Waals surface area contributed by atoms with Crippen LogP contribution < -0.4 is 10.9 Å². The van der Waals surface area contributed by atoms with Crippen LogP contribution in [0.25, 0.3) is 0 Å². The highest BCUT2D eigenvalue weighted by atomic mass is 16.1. The van der Waals surface area contributed by atoms with Gasteiger partial charge in [0, 0.05) is 25.4 Å². The van der Waals surface area contributed by atoms with Crippen LogP contribution in [-0.4, -0.2) is 10.6 Å². The molecular weight excluding hydrogens is 224 g/mol. The molecule has 1 N–H and O–H groups in total. The van der Waals surface area contributed by atoms with E-state index >= 15 is 0 Å². The van der Waals surface area contributed by atoms with Gasteiger partial charge in [-0.25, -0.2) is 0 Å². The van der Waals surface area contributed by atoms with Gasteiger partial charge in [-0.3, -0.25) is 4.79 Å². The van der Waals surface area contributed by atoms with Gasteiger partial charge in [-0.1, -0.05) is 24.3 Å². The predicted molar refractivity (Wildman–Crippen MR) is 72.9 cm³/mol. The lowest BCUT2D eigenvalue weighted by atomic mass is 10.1. The van der Waals surface area contributed by atoms with E-state index in [4.69, 9.17) is 0 Å². The molecule has 1 heterocycles. The Morgan fingerprint density at radius 3 is 2.39 bits per heavy atom. The zero-order valence-electron chi connectivity index (χ0n) is 10.4. The first-order chi connectivity index (χ1) is 8.72. The summed E-state index contributed by atoms with van der Waals surface area (Å²) in [4.78, 5) is 11.3. The summed E-state index contributed by atoms with van der Waals surface area (Å²) in [5.74, 6) is 0. The van der Waals surface area contributed by atoms with Crippen LogP contribution in [0.5, 0.6) is 0 Å². The number of rotatable bonds is 2. The van der Waals surface area contributed by atoms with Crippen molar-refractivity contribution in [1.29, 1.82) is 0 Å². The zero-order chi connectivity index (χ0) is 12.5. The largest absolute Gasteiger partial charge is 0.380 e. The van der Waals surface area contributed by atoms with Crippen molar-refractivity contribution >= 4 is 5.69 Å². The van der Waals surface area contributed by atoms with Crippen LogP contribution >= 0.6 is 0 Å². The van der Waals surface area contributed by atoms with Crippen LogP contribution in [0, 0.1) is 0 Å². The molecule has 0 radical (unpaired) electrons. The fourth-order valence-corrected chi connectivity index (χ4v) is 2.58. The summed E-state index contributed by atoms with van der Waals surface area (Å²) in [6, 6.07) is 12.5. The Bertz CT molecular complexity index is 605. The number of nitrogens with zero attached hydrogens (tertiary/aromatic N) is 1. The van der Waals surface area contributed by atoms with Crippen LogP contribution in [0.4, 0.5) is 5.69 Å². The molecule has 92 valence electrons. The molecule has 3 rings (SSSR count). The van der Waals surface area contributed by atoms with Gasteiger partial charge in [0.15, 0.2) is 0 Å². The van der Waals surface area contributed by atoms with Crippen molar-refractivity contribution in [2.24, 2.45) is 7.05 Å². The molecule has 1 aliphatic carbocycles. The standard InChI is InChI=1S/C15H16N2O/c1-17-10-13(6-7-15(17)18)16-14-8-11-4-2-3-5-12(11)9-14/h2-7,10,14,16H,8-9H2,1H3. The number of aryl methyl sites for hydroxylation is 1. The molecule has 0 bridgehead atoms. The van der Waals surface area contributed by atoms with Crippen molar-refractivity contribution in [3.63, 3.8) is 0 Å². The predicted octanol–water partition coefficient (Wildman–Crippen LogP) is 1.96. The molecule has 1 aliphatic rings. The molecule has 3 nitrogen and oxygen atoms in total. The van der Waals surface area contributed by atoms with Crippen molar-refractivity contribution in [3.8, 4) is 0 Å². The number of pyridine rings is 1. The maximum atomic E-state index is 11.3. The third-order valence-electron chi connectivity index (χ3n) is 3.51. The Morgan fingerprint density at radius 2 is 1.78 bits per heavy atom. The van der Waals surface area contributed by atoms with Gasteiger partial charge in [0.25, 0.3) is 0 Å². The molecule has 0 aliphatic heterocycles. The SMILES string of the molecule is Cn1cc(NC2Cc3ccccc3C2)ccc1=O. The van der Waals surface area contributed by atoms with Crippen molar-refractivity contribution in [2.75, 3.05) is 5.32 Å². The van der Waals surface area contributed by atoms with Crippen molar-refractivity contribution in [1.82, 2.24) is 4.57 Å². The van der Waals surface area contributed by atoms with Gasteiger partial charge in [0.2, 0.25) is 5.56 Å². The maximum absolute atomic E-state index is 11.3. The van der Waals surface area contributed by atoms with Gasteiger partial charge in [-0.05, 0) is 30.0 Å². The molecule has 0 amide bonds. The van der Waals surface area contributed by atoms with Crippen molar-refractivity contribution in [2.45, 2.75) is 18.9 Å². The molecule has 0 fully saturated rings. The van der Waals surface area contributed by atoms with Gasteiger partial charge in [-0.15, -0.1) is 0 Å². The second-order valence-corrected chi connectivity index (χ2v) is 4.89. The first-order valence-electron chi connectivity index (χ1n) is 6.22. The van der Waals surface area contributed by atoms with E-state index in [1.165, 1.54) is 11.1 Å². The quantitative estimate of drug-likeness (QED) is 0.870. The molecule has 0 saturated heterocycles. The summed E-state index contributed by atoms with van der Waals surface area (Å²) in [7, 11) is 1.77. The fourth-order valence-electron chi connectivity index (χ4n) is 2.58. The minimum atomic E-state index is 0.0234. The van der Waals surface area contributed by atoms with E-state index in [0.717, 1.165) is 18.5 Å². The molecule has 1 aromatic heterocycles. The second-order valence-electron chi connectivity index (χ2n) is 4.89. The normalized spacial score (nSPS) is 14.5. The van der Waals surface area contributed by atoms with Gasteiger partial charge >= 0.3 is 0 Å². The van der Waals surface area contributed by atoms with Gasteiger partial charge < -0.3 is 9.88 Å². The maximum Gasteiger partial charge on any atom is 0.250 e. The highest BCUT2D eigenvalue weighted by Gasteiger charge is 2.20. The Balaban J connectivity index is 1.76. The summed E-state index contributed by atoms with van der Waals surface area (Å²) in [6.07, 6.45) is 3.96. The number of aromatic nitrogens is 1. The number of hydrogen-bond donors (Lipinski definition) is 1. The second kappa shape index (κ2) is 4.33. The summed E-state index contributed by atoms with van der Waals surface area (Å²) >= 11 is 0. The smallest absolute Gasteiger partial charge is 0.250 e. The Labute approximate surface area is 106 Å². The lowest BCUT2D eigenvalue weighted by Crippen LogP contribution is -2.22. The molecule has 18 heavy (non-hydrogen) atoms. The minimum absolute atomic E-state index is 0.0234. The number of anilines is 1. The molecule has 3 heteroatoms. The highest BCUT2D eigenvalue weighted by Crippen LogP contribution is 2.23. The topological polar surface area (TPSA) is 34.0 Å². The average Bonchev–Trinajstić information content (AvgIpc) is 2.76. The van der Waals surface area contributed by atoms with Crippen LogP contribution in [0.2, 0.25) is 0 Å². The summed E-state index contributed by atoms with van der Waals surface area (Å²) in [5, 5.41) is 3.50. The monoisotopic (exact) mass is 240 g/mol. The lowest BCUT2D eigenvalue weighted by Gasteiger charge is -2.14. The number of hydrogen-bond acceptors (Lipinski definition) is 2. The average molecular weight is 240 g/mol. The van der Waals surface area contributed by atoms with E-state index in [-0.39, 0.29) is 5.56 Å². The van der Waals surface area contributed by atoms with E-state index in [0.29, 0.717) is 6.04 Å². The van der Waals surface area contributed by atoms with Crippen LogP contribution in [0.1, 0.15) is 11.1 Å². The summed E-state index contributed by atoms with van der Waals surface area (Å²) in [5.41, 5.74) is 3.89. The van der Waals surface area contributed by atoms with Crippen LogP contribution in [0.3, 0.4) is 0 Å². The van der Waals surface area contributed by atoms with Gasteiger partial charge in [-0.2, -0.15) is 0 Å². The molecule has 0 unspecified atom stereocenters. The Hall–Kier alpha value is -2.03. The van der Waals surface area contributed by atoms with Crippen LogP contribution in [0.15, 0.2) is 47.4 Å². The number of nitrogens with one attached hydrogen (secondary N) is 1. The number of fused-ring (bicyclic) bond motifs is 1. The fraction of sp³-hybridized carbons (Fsp3) is 0.267. The lowest BCUT2D eigenvalue weighted by molar-refractivity contribution is 0.767. The molecule has 0 saturated carbocycles. The molecule has 0 spiro atoms. The van der Waals surface area contributed by atoms with Gasteiger partial charge in [0.05, 0.1) is 5.69 Å². The first-order valence-corrected chi connectivity index (χ1v) is 6.22. The van der Waals surface area contributed by atoms with E-state index in [9.17, 15) is 4.79 Å². The van der Waals surface area contributed by atoms with E-state index in [1.54, 1.807) is 17.7 Å². The molecule has 1 aromatic carbocycles. The Kier molecular flexibility index (Phi) is 2.67. The van der Waals surface area contributed by atoms with Gasteiger partial charge in [0.1, 0.15) is 0 Å². The first kappa shape index (κ1) is 11.1. The van der Waals surface area contributed by atoms with E-state index < -0.39 is 0 Å². The third kappa shape index (κ3) is 2.04. The number of benzene rings is 1. The van der Waals surface area contributed by atoms with E-state index in [2.05, 4.69) is 29.6 Å². The molecular formula is C15H16N2O. The summed E-state index contributed by atoms with van der Waals surface area (Å²) in [6.45, 7) is 0. The van der Waals surface area contributed by atoms with Crippen molar-refractivity contribution < 1.29 is 0 Å². The third-order valence-corrected chi connectivity index (χ3v) is 3.51. The van der Waals surface area contributed by atoms with Crippen LogP contribution in [-0.2, 0) is 19.9 Å². The van der Waals surface area contributed by atoms with Crippen molar-refractivity contribution in [3.05, 3.63) is 64.1 Å². The molecule has 2 aromatic rings. The van der Waals surface area contributed by atoms with E-state index in [1.807, 2.05) is 12.3 Å². The highest BCUT2D eigenvalue weighted by molar-refractivity contribution is 5.44. The zero-order valence-corrected chi connectivity index (χ0v) is 10.4. The minimum Gasteiger partial charge on any atom is -0.380 e.